The number of benzene rings is 3. The van der Waals surface area contributed by atoms with Gasteiger partial charge in [-0.05, 0) is 42.3 Å². The topological polar surface area (TPSA) is 86.7 Å². The van der Waals surface area contributed by atoms with Crippen LogP contribution in [0.2, 0.25) is 5.02 Å². The van der Waals surface area contributed by atoms with Crippen LogP contribution in [0.25, 0.3) is 39.4 Å². The Labute approximate surface area is 209 Å². The van der Waals surface area contributed by atoms with Crippen LogP contribution in [0.1, 0.15) is 12.6 Å². The fraction of sp³-hybridized carbons (Fsp3) is 0.0769. The maximum absolute atomic E-state index is 13.7. The molecular weight excluding hydrogens is 514 g/mol. The van der Waals surface area contributed by atoms with E-state index in [0.29, 0.717) is 28.2 Å². The Hall–Kier alpha value is -3.55. The molecule has 0 unspecified atom stereocenters. The van der Waals surface area contributed by atoms with Crippen LogP contribution < -0.4 is 11.3 Å². The van der Waals surface area contributed by atoms with Crippen molar-refractivity contribution >= 4 is 44.3 Å². The van der Waals surface area contributed by atoms with Gasteiger partial charge in [-0.25, -0.2) is 14.5 Å². The Kier molecular flexibility index (Phi) is 5.89. The smallest absolute Gasteiger partial charge is 0.268 e. The van der Waals surface area contributed by atoms with Crippen LogP contribution in [0.15, 0.2) is 82.1 Å². The number of nitrogen functional groups attached to an aromatic ring is 1. The Balaban J connectivity index is 1.82. The van der Waals surface area contributed by atoms with Crippen LogP contribution in [-0.4, -0.2) is 19.5 Å². The highest BCUT2D eigenvalue weighted by Gasteiger charge is 2.20. The van der Waals surface area contributed by atoms with Gasteiger partial charge in [0.1, 0.15) is 5.82 Å². The molecule has 2 N–H and O–H groups in total. The summed E-state index contributed by atoms with van der Waals surface area (Å²) in [7, 11) is 0. The summed E-state index contributed by atoms with van der Waals surface area (Å²) < 4.78 is 2.22. The molecule has 0 atom stereocenters. The average molecular weight is 533 g/mol. The Morgan fingerprint density at radius 3 is 2.38 bits per heavy atom. The van der Waals surface area contributed by atoms with Crippen molar-refractivity contribution < 1.29 is 0 Å². The van der Waals surface area contributed by atoms with Gasteiger partial charge in [-0.1, -0.05) is 76.9 Å². The van der Waals surface area contributed by atoms with E-state index in [0.717, 1.165) is 26.9 Å². The fourth-order valence-electron chi connectivity index (χ4n) is 3.92. The largest absolute Gasteiger partial charge is 0.383 e. The Morgan fingerprint density at radius 1 is 0.941 bits per heavy atom. The van der Waals surface area contributed by atoms with Gasteiger partial charge >= 0.3 is 0 Å². The number of anilines is 1. The van der Waals surface area contributed by atoms with Gasteiger partial charge in [0.05, 0.1) is 16.6 Å². The maximum Gasteiger partial charge on any atom is 0.268 e. The molecule has 0 saturated carbocycles. The predicted molar refractivity (Wildman–Crippen MR) is 140 cm³/mol. The van der Waals surface area contributed by atoms with E-state index in [1.54, 1.807) is 18.2 Å². The SMILES string of the molecule is CCc1nc(-n2c(-c3ccccc3)nc3ccc(Br)cc3c2=O)nc(N)c1-c1ccc(Cl)cc1. The molecule has 0 aliphatic rings. The van der Waals surface area contributed by atoms with Crippen molar-refractivity contribution in [1.29, 1.82) is 0 Å². The van der Waals surface area contributed by atoms with E-state index in [9.17, 15) is 4.79 Å². The third-order valence-electron chi connectivity index (χ3n) is 5.53. The Bertz CT molecular complexity index is 1580. The molecule has 0 aliphatic heterocycles. The first-order valence-electron chi connectivity index (χ1n) is 10.7. The molecule has 0 saturated heterocycles. The van der Waals surface area contributed by atoms with Crippen LogP contribution in [0, 0.1) is 0 Å². The number of aryl methyl sites for hydroxylation is 1. The molecule has 0 radical (unpaired) electrons. The number of rotatable bonds is 4. The van der Waals surface area contributed by atoms with Crippen LogP contribution in [0.4, 0.5) is 5.82 Å². The summed E-state index contributed by atoms with van der Waals surface area (Å²) in [5.41, 5.74) is 9.86. The zero-order chi connectivity index (χ0) is 23.8. The molecule has 8 heteroatoms. The van der Waals surface area contributed by atoms with Crippen LogP contribution >= 0.6 is 27.5 Å². The second-order valence-corrected chi connectivity index (χ2v) is 9.05. The van der Waals surface area contributed by atoms with E-state index in [-0.39, 0.29) is 17.3 Å². The Morgan fingerprint density at radius 2 is 1.68 bits per heavy atom. The summed E-state index contributed by atoms with van der Waals surface area (Å²) in [5.74, 6) is 0.913. The molecule has 0 amide bonds. The fourth-order valence-corrected chi connectivity index (χ4v) is 4.41. The molecule has 5 rings (SSSR count). The van der Waals surface area contributed by atoms with Gasteiger partial charge in [-0.3, -0.25) is 4.79 Å². The van der Waals surface area contributed by atoms with Crippen molar-refractivity contribution in [3.05, 3.63) is 98.3 Å². The van der Waals surface area contributed by atoms with Gasteiger partial charge in [0.2, 0.25) is 5.95 Å². The third-order valence-corrected chi connectivity index (χ3v) is 6.28. The van der Waals surface area contributed by atoms with E-state index < -0.39 is 0 Å². The van der Waals surface area contributed by atoms with Gasteiger partial charge in [-0.2, -0.15) is 4.98 Å². The molecule has 2 heterocycles. The highest BCUT2D eigenvalue weighted by Crippen LogP contribution is 2.31. The molecule has 168 valence electrons. The summed E-state index contributed by atoms with van der Waals surface area (Å²) in [5, 5.41) is 1.08. The van der Waals surface area contributed by atoms with Crippen molar-refractivity contribution in [3.8, 4) is 28.5 Å². The van der Waals surface area contributed by atoms with Crippen molar-refractivity contribution in [3.63, 3.8) is 0 Å². The van der Waals surface area contributed by atoms with Crippen molar-refractivity contribution in [1.82, 2.24) is 19.5 Å². The van der Waals surface area contributed by atoms with E-state index in [2.05, 4.69) is 20.9 Å². The number of aromatic nitrogens is 4. The molecule has 34 heavy (non-hydrogen) atoms. The van der Waals surface area contributed by atoms with Gasteiger partial charge < -0.3 is 5.73 Å². The second kappa shape index (κ2) is 9.00. The quantitative estimate of drug-likeness (QED) is 0.304. The van der Waals surface area contributed by atoms with Crippen molar-refractivity contribution in [2.75, 3.05) is 5.73 Å². The van der Waals surface area contributed by atoms with Crippen molar-refractivity contribution in [2.24, 2.45) is 0 Å². The maximum atomic E-state index is 13.7. The van der Waals surface area contributed by atoms with Crippen molar-refractivity contribution in [2.45, 2.75) is 13.3 Å². The molecule has 2 aromatic heterocycles. The number of fused-ring (bicyclic) bond motifs is 1. The lowest BCUT2D eigenvalue weighted by molar-refractivity contribution is 0.860. The molecule has 0 bridgehead atoms. The van der Waals surface area contributed by atoms with Gasteiger partial charge in [0.15, 0.2) is 5.82 Å². The van der Waals surface area contributed by atoms with E-state index in [1.807, 2.05) is 61.5 Å². The van der Waals surface area contributed by atoms with Gasteiger partial charge in [0, 0.05) is 20.6 Å². The molecule has 6 nitrogen and oxygen atoms in total. The molecule has 3 aromatic carbocycles. The molecule has 0 aliphatic carbocycles. The third kappa shape index (κ3) is 3.97. The first kappa shape index (κ1) is 22.3. The summed E-state index contributed by atoms with van der Waals surface area (Å²) in [6, 6.07) is 22.3. The monoisotopic (exact) mass is 531 g/mol. The minimum Gasteiger partial charge on any atom is -0.383 e. The number of halogens is 2. The first-order chi connectivity index (χ1) is 16.5. The normalized spacial score (nSPS) is 11.1. The zero-order valence-corrected chi connectivity index (χ0v) is 20.5. The second-order valence-electron chi connectivity index (χ2n) is 7.69. The summed E-state index contributed by atoms with van der Waals surface area (Å²) >= 11 is 9.51. The lowest BCUT2D eigenvalue weighted by Crippen LogP contribution is -2.25. The summed E-state index contributed by atoms with van der Waals surface area (Å²) in [4.78, 5) is 27.9. The summed E-state index contributed by atoms with van der Waals surface area (Å²) in [6.07, 6.45) is 0.597. The lowest BCUT2D eigenvalue weighted by atomic mass is 10.0. The zero-order valence-electron chi connectivity index (χ0n) is 18.2. The molecule has 5 aromatic rings. The van der Waals surface area contributed by atoms with Gasteiger partial charge in [0.25, 0.3) is 5.56 Å². The molecular formula is C26H19BrClN5O. The number of nitrogens with zero attached hydrogens (tertiary/aromatic N) is 4. The van der Waals surface area contributed by atoms with Crippen LogP contribution in [0.5, 0.6) is 0 Å². The highest BCUT2D eigenvalue weighted by molar-refractivity contribution is 9.10. The summed E-state index contributed by atoms with van der Waals surface area (Å²) in [6.45, 7) is 1.99. The minimum atomic E-state index is -0.272. The van der Waals surface area contributed by atoms with E-state index in [1.165, 1.54) is 4.57 Å². The number of nitrogens with two attached hydrogens (primary N) is 1. The van der Waals surface area contributed by atoms with Crippen LogP contribution in [0.3, 0.4) is 0 Å². The first-order valence-corrected chi connectivity index (χ1v) is 11.8. The lowest BCUT2D eigenvalue weighted by Gasteiger charge is -2.16. The highest BCUT2D eigenvalue weighted by atomic mass is 79.9. The average Bonchev–Trinajstić information content (AvgIpc) is 2.85. The standard InChI is InChI=1S/C26H19BrClN5O/c1-2-20-22(15-8-11-18(28)12-9-15)23(29)32-26(31-20)33-24(16-6-4-3-5-7-16)30-21-13-10-17(27)14-19(21)25(33)34/h3-14H,2H2,1H3,(H2,29,31,32). The predicted octanol–water partition coefficient (Wildman–Crippen LogP) is 6.07. The van der Waals surface area contributed by atoms with E-state index in [4.69, 9.17) is 27.3 Å². The van der Waals surface area contributed by atoms with Gasteiger partial charge in [-0.15, -0.1) is 0 Å². The van der Waals surface area contributed by atoms with E-state index >= 15 is 0 Å². The molecule has 0 spiro atoms. The number of hydrogen-bond donors (Lipinski definition) is 1. The number of hydrogen-bond acceptors (Lipinski definition) is 5. The van der Waals surface area contributed by atoms with Crippen LogP contribution in [-0.2, 0) is 6.42 Å². The minimum absolute atomic E-state index is 0.185. The molecule has 0 fully saturated rings.